The maximum Gasteiger partial charge on any atom is 0.419 e. The largest absolute Gasteiger partial charge is 0.419 e. The number of hydrogen-bond donors (Lipinski definition) is 1. The molecule has 17 heavy (non-hydrogen) atoms. The first kappa shape index (κ1) is 11.6. The maximum atomic E-state index is 12.4. The maximum absolute atomic E-state index is 12.4. The van der Waals surface area contributed by atoms with Crippen LogP contribution in [0.5, 0.6) is 0 Å². The molecule has 2 heterocycles. The van der Waals surface area contributed by atoms with Crippen molar-refractivity contribution in [3.63, 3.8) is 0 Å². The third kappa shape index (κ3) is 2.44. The van der Waals surface area contributed by atoms with Gasteiger partial charge in [-0.05, 0) is 12.1 Å². The van der Waals surface area contributed by atoms with Gasteiger partial charge in [-0.15, -0.1) is 0 Å². The second-order valence-electron chi connectivity index (χ2n) is 3.33. The Hall–Kier alpha value is -1.89. The highest BCUT2D eigenvalue weighted by Crippen LogP contribution is 2.29. The predicted molar refractivity (Wildman–Crippen MR) is 52.3 cm³/mol. The number of aliphatic hydroxyl groups is 1. The number of aromatic nitrogens is 3. The van der Waals surface area contributed by atoms with Crippen LogP contribution in [0.2, 0.25) is 0 Å². The second-order valence-corrected chi connectivity index (χ2v) is 3.33. The minimum Gasteiger partial charge on any atom is -0.390 e. The van der Waals surface area contributed by atoms with Crippen LogP contribution >= 0.6 is 0 Å². The highest BCUT2D eigenvalue weighted by atomic mass is 19.4. The molecule has 2 aromatic rings. The molecular formula is C10H8F3N3O. The van der Waals surface area contributed by atoms with Gasteiger partial charge in [0.05, 0.1) is 29.7 Å². The summed E-state index contributed by atoms with van der Waals surface area (Å²) in [5.41, 5.74) is -0.0361. The van der Waals surface area contributed by atoms with Gasteiger partial charge in [0.1, 0.15) is 0 Å². The molecule has 0 spiro atoms. The number of halogens is 3. The van der Waals surface area contributed by atoms with E-state index in [0.29, 0.717) is 11.4 Å². The molecule has 1 N–H and O–H groups in total. The Morgan fingerprint density at radius 2 is 2.12 bits per heavy atom. The van der Waals surface area contributed by atoms with E-state index >= 15 is 0 Å². The van der Waals surface area contributed by atoms with E-state index in [-0.39, 0.29) is 6.61 Å². The third-order valence-corrected chi connectivity index (χ3v) is 2.14. The van der Waals surface area contributed by atoms with Gasteiger partial charge in [0.15, 0.2) is 0 Å². The standard InChI is InChI=1S/C10H8F3N3O/c11-10(12,13)7-4-15-16(5-7)9-1-2-14-8(3-9)6-17/h1-5,17H,6H2. The molecule has 0 saturated heterocycles. The molecule has 0 fully saturated rings. The Balaban J connectivity index is 2.37. The number of hydrogen-bond acceptors (Lipinski definition) is 3. The van der Waals surface area contributed by atoms with E-state index in [2.05, 4.69) is 10.1 Å². The lowest BCUT2D eigenvalue weighted by molar-refractivity contribution is -0.137. The fourth-order valence-corrected chi connectivity index (χ4v) is 1.30. The van der Waals surface area contributed by atoms with Crippen molar-refractivity contribution in [2.45, 2.75) is 12.8 Å². The Morgan fingerprint density at radius 3 is 2.71 bits per heavy atom. The van der Waals surface area contributed by atoms with Crippen LogP contribution in [0.25, 0.3) is 5.69 Å². The van der Waals surface area contributed by atoms with Gasteiger partial charge >= 0.3 is 6.18 Å². The minimum absolute atomic E-state index is 0.277. The molecule has 0 amide bonds. The van der Waals surface area contributed by atoms with Crippen molar-refractivity contribution in [2.75, 3.05) is 0 Å². The summed E-state index contributed by atoms with van der Waals surface area (Å²) >= 11 is 0. The number of aliphatic hydroxyl groups excluding tert-OH is 1. The number of rotatable bonds is 2. The molecule has 0 aromatic carbocycles. The van der Waals surface area contributed by atoms with E-state index in [9.17, 15) is 13.2 Å². The Kier molecular flexibility index (Phi) is 2.84. The first-order valence-electron chi connectivity index (χ1n) is 4.69. The van der Waals surface area contributed by atoms with Gasteiger partial charge in [-0.1, -0.05) is 0 Å². The fraction of sp³-hybridized carbons (Fsp3) is 0.200. The minimum atomic E-state index is -4.41. The van der Waals surface area contributed by atoms with Crippen molar-refractivity contribution in [3.8, 4) is 5.69 Å². The average Bonchev–Trinajstić information content (AvgIpc) is 2.78. The van der Waals surface area contributed by atoms with E-state index in [1.165, 1.54) is 18.3 Å². The van der Waals surface area contributed by atoms with E-state index in [1.54, 1.807) is 0 Å². The molecule has 0 radical (unpaired) electrons. The van der Waals surface area contributed by atoms with Gasteiger partial charge in [-0.2, -0.15) is 18.3 Å². The summed E-state index contributed by atoms with van der Waals surface area (Å²) in [4.78, 5) is 3.83. The molecule has 4 nitrogen and oxygen atoms in total. The number of alkyl halides is 3. The fourth-order valence-electron chi connectivity index (χ4n) is 1.30. The monoisotopic (exact) mass is 243 g/mol. The molecule has 0 bridgehead atoms. The molecule has 0 aliphatic carbocycles. The van der Waals surface area contributed by atoms with Gasteiger partial charge in [0.25, 0.3) is 0 Å². The van der Waals surface area contributed by atoms with Crippen molar-refractivity contribution in [1.29, 1.82) is 0 Å². The zero-order chi connectivity index (χ0) is 12.5. The summed E-state index contributed by atoms with van der Waals surface area (Å²) < 4.78 is 38.2. The number of nitrogens with zero attached hydrogens (tertiary/aromatic N) is 3. The lowest BCUT2D eigenvalue weighted by atomic mass is 10.3. The van der Waals surface area contributed by atoms with Crippen LogP contribution in [0, 0.1) is 0 Å². The van der Waals surface area contributed by atoms with Crippen molar-refractivity contribution >= 4 is 0 Å². The molecule has 0 unspecified atom stereocenters. The Labute approximate surface area is 94.3 Å². The first-order valence-corrected chi connectivity index (χ1v) is 4.69. The van der Waals surface area contributed by atoms with Gasteiger partial charge in [0.2, 0.25) is 0 Å². The summed E-state index contributed by atoms with van der Waals surface area (Å²) in [6.45, 7) is -0.277. The van der Waals surface area contributed by atoms with E-state index < -0.39 is 11.7 Å². The lowest BCUT2D eigenvalue weighted by Crippen LogP contribution is -2.03. The summed E-state index contributed by atoms with van der Waals surface area (Å²) in [5, 5.41) is 12.5. The van der Waals surface area contributed by atoms with Crippen LogP contribution in [0.15, 0.2) is 30.7 Å². The van der Waals surface area contributed by atoms with Gasteiger partial charge < -0.3 is 5.11 Å². The zero-order valence-corrected chi connectivity index (χ0v) is 8.52. The topological polar surface area (TPSA) is 50.9 Å². The van der Waals surface area contributed by atoms with Gasteiger partial charge in [-0.3, -0.25) is 4.98 Å². The van der Waals surface area contributed by atoms with Crippen LogP contribution in [-0.4, -0.2) is 19.9 Å². The molecule has 90 valence electrons. The molecule has 0 saturated carbocycles. The Bertz CT molecular complexity index is 522. The highest BCUT2D eigenvalue weighted by Gasteiger charge is 2.32. The third-order valence-electron chi connectivity index (χ3n) is 2.14. The lowest BCUT2D eigenvalue weighted by Gasteiger charge is -2.03. The Morgan fingerprint density at radius 1 is 1.35 bits per heavy atom. The van der Waals surface area contributed by atoms with Crippen molar-refractivity contribution < 1.29 is 18.3 Å². The van der Waals surface area contributed by atoms with Crippen molar-refractivity contribution in [3.05, 3.63) is 42.0 Å². The van der Waals surface area contributed by atoms with Crippen LogP contribution in [0.1, 0.15) is 11.3 Å². The molecule has 2 aromatic heterocycles. The summed E-state index contributed by atoms with van der Waals surface area (Å²) in [7, 11) is 0. The SMILES string of the molecule is OCc1cc(-n2cc(C(F)(F)F)cn2)ccn1. The molecule has 0 aliphatic rings. The van der Waals surface area contributed by atoms with E-state index in [4.69, 9.17) is 5.11 Å². The smallest absolute Gasteiger partial charge is 0.390 e. The van der Waals surface area contributed by atoms with Gasteiger partial charge in [0, 0.05) is 12.4 Å². The quantitative estimate of drug-likeness (QED) is 0.874. The van der Waals surface area contributed by atoms with Crippen LogP contribution in [0.4, 0.5) is 13.2 Å². The molecule has 0 atom stereocenters. The zero-order valence-electron chi connectivity index (χ0n) is 8.52. The number of pyridine rings is 1. The molecular weight excluding hydrogens is 235 g/mol. The summed E-state index contributed by atoms with van der Waals surface area (Å²) in [6, 6.07) is 2.97. The van der Waals surface area contributed by atoms with E-state index in [0.717, 1.165) is 17.1 Å². The summed E-state index contributed by atoms with van der Waals surface area (Å²) in [6.07, 6.45) is -1.38. The average molecular weight is 243 g/mol. The predicted octanol–water partition coefficient (Wildman–Crippen LogP) is 1.78. The van der Waals surface area contributed by atoms with Crippen LogP contribution < -0.4 is 0 Å². The van der Waals surface area contributed by atoms with Crippen molar-refractivity contribution in [1.82, 2.24) is 14.8 Å². The molecule has 2 rings (SSSR count). The second kappa shape index (κ2) is 4.17. The van der Waals surface area contributed by atoms with Crippen LogP contribution in [-0.2, 0) is 12.8 Å². The normalized spacial score (nSPS) is 11.8. The molecule has 7 heteroatoms. The highest BCUT2D eigenvalue weighted by molar-refractivity contribution is 5.32. The van der Waals surface area contributed by atoms with Crippen LogP contribution in [0.3, 0.4) is 0 Å². The van der Waals surface area contributed by atoms with E-state index in [1.807, 2.05) is 0 Å². The summed E-state index contributed by atoms with van der Waals surface area (Å²) in [5.74, 6) is 0. The first-order chi connectivity index (χ1) is 8.00. The van der Waals surface area contributed by atoms with Gasteiger partial charge in [-0.25, -0.2) is 4.68 Å². The van der Waals surface area contributed by atoms with Crippen molar-refractivity contribution in [2.24, 2.45) is 0 Å². The molecule has 0 aliphatic heterocycles.